The van der Waals surface area contributed by atoms with E-state index in [4.69, 9.17) is 0 Å². The zero-order chi connectivity index (χ0) is 27.0. The summed E-state index contributed by atoms with van der Waals surface area (Å²) in [5.41, 5.74) is 9.89. The smallest absolute Gasteiger partial charge is 0.0434 e. The first-order chi connectivity index (χ1) is 16.7. The fourth-order valence-corrected chi connectivity index (χ4v) is 3.93. The van der Waals surface area contributed by atoms with Crippen LogP contribution in [0.4, 0.5) is 0 Å². The Morgan fingerprint density at radius 3 is 2.00 bits per heavy atom. The van der Waals surface area contributed by atoms with Crippen LogP contribution in [0.2, 0.25) is 0 Å². The molecule has 0 aromatic heterocycles. The van der Waals surface area contributed by atoms with Gasteiger partial charge >= 0.3 is 0 Å². The van der Waals surface area contributed by atoms with Crippen molar-refractivity contribution in [2.45, 2.75) is 60.3 Å². The van der Waals surface area contributed by atoms with Crippen LogP contribution in [0.5, 0.6) is 0 Å². The maximum atomic E-state index is 4.38. The van der Waals surface area contributed by atoms with Crippen LogP contribution in [0.15, 0.2) is 145 Å². The minimum atomic E-state index is 0.838. The van der Waals surface area contributed by atoms with Gasteiger partial charge in [-0.15, -0.1) is 0 Å². The Morgan fingerprint density at radius 2 is 1.54 bits per heavy atom. The highest BCUT2D eigenvalue weighted by atomic mass is 15.1. The molecule has 0 atom stereocenters. The van der Waals surface area contributed by atoms with Gasteiger partial charge in [0.25, 0.3) is 0 Å². The number of unbranched alkanes of at least 4 members (excludes halogenated alkanes) is 1. The maximum absolute atomic E-state index is 4.38. The molecule has 0 bridgehead atoms. The van der Waals surface area contributed by atoms with Crippen LogP contribution in [0, 0.1) is 0 Å². The van der Waals surface area contributed by atoms with Gasteiger partial charge in [-0.3, -0.25) is 0 Å². The average molecular weight is 470 g/mol. The first-order valence-electron chi connectivity index (χ1n) is 12.4. The summed E-state index contributed by atoms with van der Waals surface area (Å²) in [4.78, 5) is 2.09. The molecule has 0 rings (SSSR count). The number of allylic oxidation sites excluding steroid dienone is 16. The molecule has 1 heteroatoms. The Hall–Kier alpha value is -3.32. The molecule has 0 heterocycles. The Labute approximate surface area is 216 Å². The van der Waals surface area contributed by atoms with E-state index in [2.05, 4.69) is 97.2 Å². The summed E-state index contributed by atoms with van der Waals surface area (Å²) in [5.74, 6) is 0. The summed E-state index contributed by atoms with van der Waals surface area (Å²) in [6.07, 6.45) is 22.1. The average Bonchev–Trinajstić information content (AvgIpc) is 2.86. The van der Waals surface area contributed by atoms with E-state index in [0.717, 1.165) is 41.0 Å². The van der Waals surface area contributed by atoms with Crippen molar-refractivity contribution in [3.8, 4) is 0 Å². The maximum Gasteiger partial charge on any atom is 0.0434 e. The summed E-state index contributed by atoms with van der Waals surface area (Å²) < 4.78 is 0. The second kappa shape index (κ2) is 17.2. The summed E-state index contributed by atoms with van der Waals surface area (Å²) in [6, 6.07) is 0. The van der Waals surface area contributed by atoms with E-state index in [-0.39, 0.29) is 0 Å². The zero-order valence-electron chi connectivity index (χ0n) is 23.2. The van der Waals surface area contributed by atoms with Crippen LogP contribution < -0.4 is 0 Å². The van der Waals surface area contributed by atoms with Crippen LogP contribution in [0.25, 0.3) is 0 Å². The first kappa shape index (κ1) is 31.7. The van der Waals surface area contributed by atoms with Crippen LogP contribution in [0.3, 0.4) is 0 Å². The van der Waals surface area contributed by atoms with E-state index in [1.807, 2.05) is 37.4 Å². The van der Waals surface area contributed by atoms with Gasteiger partial charge in [0.2, 0.25) is 0 Å². The zero-order valence-corrected chi connectivity index (χ0v) is 23.2. The topological polar surface area (TPSA) is 3.24 Å². The van der Waals surface area contributed by atoms with Gasteiger partial charge in [0.1, 0.15) is 0 Å². The molecule has 0 radical (unpaired) electrons. The van der Waals surface area contributed by atoms with Gasteiger partial charge < -0.3 is 4.90 Å². The molecule has 0 spiro atoms. The van der Waals surface area contributed by atoms with Crippen molar-refractivity contribution in [2.24, 2.45) is 0 Å². The van der Waals surface area contributed by atoms with Crippen molar-refractivity contribution in [3.63, 3.8) is 0 Å². The Balaban J connectivity index is 6.11. The van der Waals surface area contributed by atoms with Crippen molar-refractivity contribution in [1.29, 1.82) is 0 Å². The van der Waals surface area contributed by atoms with Crippen molar-refractivity contribution in [1.82, 2.24) is 4.90 Å². The Morgan fingerprint density at radius 1 is 0.886 bits per heavy atom. The fourth-order valence-electron chi connectivity index (χ4n) is 3.93. The van der Waals surface area contributed by atoms with Crippen molar-refractivity contribution >= 4 is 0 Å². The molecule has 35 heavy (non-hydrogen) atoms. The van der Waals surface area contributed by atoms with Crippen LogP contribution in [-0.4, -0.2) is 11.9 Å². The molecular weight excluding hydrogens is 422 g/mol. The van der Waals surface area contributed by atoms with E-state index in [1.54, 1.807) is 6.08 Å². The summed E-state index contributed by atoms with van der Waals surface area (Å²) >= 11 is 0. The highest BCUT2D eigenvalue weighted by Crippen LogP contribution is 2.29. The minimum Gasteiger partial charge on any atom is -0.345 e. The predicted octanol–water partition coefficient (Wildman–Crippen LogP) is 10.3. The Kier molecular flexibility index (Phi) is 15.5. The molecule has 0 N–H and O–H groups in total. The molecule has 0 aliphatic rings. The molecule has 188 valence electrons. The molecule has 0 aromatic rings. The molecule has 0 aromatic carbocycles. The van der Waals surface area contributed by atoms with Crippen LogP contribution in [-0.2, 0) is 0 Å². The highest BCUT2D eigenvalue weighted by Gasteiger charge is 2.15. The highest BCUT2D eigenvalue weighted by molar-refractivity contribution is 5.54. The second-order valence-electron chi connectivity index (χ2n) is 8.46. The third-order valence-corrected chi connectivity index (χ3v) is 6.30. The summed E-state index contributed by atoms with van der Waals surface area (Å²) in [6.45, 7) is 34.9. The molecule has 0 aliphatic carbocycles. The largest absolute Gasteiger partial charge is 0.345 e. The quantitative estimate of drug-likeness (QED) is 0.203. The third kappa shape index (κ3) is 9.45. The molecular formula is C34H47N. The van der Waals surface area contributed by atoms with Gasteiger partial charge in [-0.25, -0.2) is 0 Å². The summed E-state index contributed by atoms with van der Waals surface area (Å²) in [5, 5.41) is 0. The van der Waals surface area contributed by atoms with E-state index in [1.165, 1.54) is 35.1 Å². The molecule has 0 saturated carbocycles. The number of rotatable bonds is 16. The molecule has 0 aliphatic heterocycles. The number of nitrogens with zero attached hydrogens (tertiary/aromatic N) is 1. The SMILES string of the molecule is C=C/C=C(C=C)\C(C=C)=C(/C)C(=C)N(C)/C(C=C)=C(C)/C(=C\C)C/C=C\C(C)=C(/C=C)CCCC. The molecule has 0 fully saturated rings. The van der Waals surface area contributed by atoms with E-state index < -0.39 is 0 Å². The molecule has 0 unspecified atom stereocenters. The number of hydrogen-bond acceptors (Lipinski definition) is 1. The van der Waals surface area contributed by atoms with Gasteiger partial charge in [0.15, 0.2) is 0 Å². The van der Waals surface area contributed by atoms with Gasteiger partial charge in [-0.05, 0) is 92.0 Å². The van der Waals surface area contributed by atoms with Gasteiger partial charge in [-0.2, -0.15) is 0 Å². The molecule has 1 nitrogen and oxygen atoms in total. The number of hydrogen-bond donors (Lipinski definition) is 0. The predicted molar refractivity (Wildman–Crippen MR) is 161 cm³/mol. The Bertz CT molecular complexity index is 995. The van der Waals surface area contributed by atoms with Gasteiger partial charge in [-0.1, -0.05) is 101 Å². The van der Waals surface area contributed by atoms with E-state index in [9.17, 15) is 0 Å². The van der Waals surface area contributed by atoms with Crippen molar-refractivity contribution in [2.75, 3.05) is 7.05 Å². The monoisotopic (exact) mass is 469 g/mol. The lowest BCUT2D eigenvalue weighted by atomic mass is 9.96. The first-order valence-corrected chi connectivity index (χ1v) is 12.4. The lowest BCUT2D eigenvalue weighted by molar-refractivity contribution is 0.541. The van der Waals surface area contributed by atoms with Crippen LogP contribution >= 0.6 is 0 Å². The van der Waals surface area contributed by atoms with Gasteiger partial charge in [0.05, 0.1) is 0 Å². The lowest BCUT2D eigenvalue weighted by Gasteiger charge is -2.27. The lowest BCUT2D eigenvalue weighted by Crippen LogP contribution is -2.18. The van der Waals surface area contributed by atoms with Crippen molar-refractivity contribution < 1.29 is 0 Å². The second-order valence-corrected chi connectivity index (χ2v) is 8.46. The van der Waals surface area contributed by atoms with E-state index in [0.29, 0.717) is 0 Å². The normalized spacial score (nSPS) is 14.5. The minimum absolute atomic E-state index is 0.838. The standard InChI is InChI=1S/C34H47N/c1-13-20-24-30(15-3)26(8)23-21-25-31(16-4)28(10)34(19-7)35(12)29(11)27(9)33(18-6)32(17-5)22-14-2/h14-19,21-23H,2-3,5-7,11,13,20,24-25H2,1,4,8-10,12H3/b23-21-,30-26+,31-16-,32-22-,33-27+,34-28+. The molecule has 0 saturated heterocycles. The van der Waals surface area contributed by atoms with E-state index >= 15 is 0 Å². The molecule has 0 amide bonds. The van der Waals surface area contributed by atoms with Crippen LogP contribution in [0.1, 0.15) is 60.3 Å². The summed E-state index contributed by atoms with van der Waals surface area (Å²) in [7, 11) is 2.03. The van der Waals surface area contributed by atoms with Gasteiger partial charge in [0, 0.05) is 18.4 Å². The third-order valence-electron chi connectivity index (χ3n) is 6.30. The fraction of sp³-hybridized carbons (Fsp3) is 0.294. The van der Waals surface area contributed by atoms with Crippen molar-refractivity contribution in [3.05, 3.63) is 145 Å². The number of likely N-dealkylation sites (N-methyl/N-ethyl adjacent to an activating group) is 1.